The molecule has 2 N–H and O–H groups in total. The fourth-order valence-electron chi connectivity index (χ4n) is 2.60. The van der Waals surface area contributed by atoms with Crippen LogP contribution in [0.2, 0.25) is 0 Å². The summed E-state index contributed by atoms with van der Waals surface area (Å²) in [6.45, 7) is 3.49. The van der Waals surface area contributed by atoms with Crippen LogP contribution in [0.25, 0.3) is 0 Å². The third-order valence-electron chi connectivity index (χ3n) is 3.50. The highest BCUT2D eigenvalue weighted by atomic mass is 16.1. The minimum atomic E-state index is 0.155. The van der Waals surface area contributed by atoms with Gasteiger partial charge in [0.05, 0.1) is 0 Å². The van der Waals surface area contributed by atoms with E-state index in [1.165, 1.54) is 12.8 Å². The predicted molar refractivity (Wildman–Crippen MR) is 60.4 cm³/mol. The van der Waals surface area contributed by atoms with Gasteiger partial charge >= 0.3 is 0 Å². The second kappa shape index (κ2) is 4.79. The Bertz CT molecular complexity index is 262. The molecular formula is C12H20N2O. The zero-order chi connectivity index (χ0) is 10.7. The summed E-state index contributed by atoms with van der Waals surface area (Å²) < 4.78 is 0. The first kappa shape index (κ1) is 10.7. The van der Waals surface area contributed by atoms with E-state index in [4.69, 9.17) is 0 Å². The Balaban J connectivity index is 1.59. The molecule has 0 saturated heterocycles. The fraction of sp³-hybridized carbons (Fsp3) is 0.750. The van der Waals surface area contributed by atoms with Crippen molar-refractivity contribution in [3.63, 3.8) is 0 Å². The van der Waals surface area contributed by atoms with Crippen LogP contribution in [0.5, 0.6) is 0 Å². The van der Waals surface area contributed by atoms with Gasteiger partial charge in [-0.05, 0) is 31.6 Å². The molecule has 1 saturated carbocycles. The molecule has 0 aliphatic heterocycles. The maximum Gasteiger partial charge on any atom is 0.221 e. The van der Waals surface area contributed by atoms with Crippen molar-refractivity contribution in [2.45, 2.75) is 32.2 Å². The van der Waals surface area contributed by atoms with Gasteiger partial charge < -0.3 is 10.6 Å². The Morgan fingerprint density at radius 2 is 2.40 bits per heavy atom. The quantitative estimate of drug-likeness (QED) is 0.663. The van der Waals surface area contributed by atoms with Gasteiger partial charge in [0, 0.05) is 25.6 Å². The van der Waals surface area contributed by atoms with Gasteiger partial charge in [0.1, 0.15) is 0 Å². The summed E-state index contributed by atoms with van der Waals surface area (Å²) in [6, 6.07) is 0.628. The van der Waals surface area contributed by atoms with Crippen LogP contribution < -0.4 is 10.6 Å². The van der Waals surface area contributed by atoms with Gasteiger partial charge in [-0.15, -0.1) is 0 Å². The summed E-state index contributed by atoms with van der Waals surface area (Å²) in [6.07, 6.45) is 7.77. The highest BCUT2D eigenvalue weighted by Crippen LogP contribution is 2.42. The van der Waals surface area contributed by atoms with Crippen molar-refractivity contribution in [1.82, 2.24) is 10.6 Å². The molecular weight excluding hydrogens is 188 g/mol. The molecule has 0 heterocycles. The number of hydrogen-bond acceptors (Lipinski definition) is 2. The lowest BCUT2D eigenvalue weighted by atomic mass is 9.71. The van der Waals surface area contributed by atoms with Crippen LogP contribution in [0.1, 0.15) is 26.2 Å². The number of allylic oxidation sites excluding steroid dienone is 1. The van der Waals surface area contributed by atoms with E-state index in [1.807, 2.05) is 6.92 Å². The van der Waals surface area contributed by atoms with E-state index < -0.39 is 0 Å². The van der Waals surface area contributed by atoms with Crippen molar-refractivity contribution >= 4 is 5.91 Å². The molecule has 84 valence electrons. The number of amides is 1. The number of hydrogen-bond donors (Lipinski definition) is 2. The summed E-state index contributed by atoms with van der Waals surface area (Å²) in [5, 5.41) is 6.28. The molecule has 2 aliphatic rings. The molecule has 0 radical (unpaired) electrons. The van der Waals surface area contributed by atoms with Crippen molar-refractivity contribution in [3.05, 3.63) is 12.2 Å². The van der Waals surface area contributed by atoms with E-state index in [-0.39, 0.29) is 5.91 Å². The first-order valence-corrected chi connectivity index (χ1v) is 5.98. The SMILES string of the molecule is CCNC(=O)CCNC1CC2CC=CC21. The molecule has 2 rings (SSSR count). The van der Waals surface area contributed by atoms with Crippen LogP contribution in [0.4, 0.5) is 0 Å². The molecule has 15 heavy (non-hydrogen) atoms. The Morgan fingerprint density at radius 3 is 3.13 bits per heavy atom. The van der Waals surface area contributed by atoms with Crippen LogP contribution in [-0.2, 0) is 4.79 Å². The molecule has 0 aromatic carbocycles. The van der Waals surface area contributed by atoms with E-state index in [2.05, 4.69) is 22.8 Å². The Kier molecular flexibility index (Phi) is 3.41. The number of nitrogens with one attached hydrogen (secondary N) is 2. The van der Waals surface area contributed by atoms with Crippen LogP contribution in [0, 0.1) is 11.8 Å². The number of rotatable bonds is 5. The van der Waals surface area contributed by atoms with Crippen LogP contribution in [0.15, 0.2) is 12.2 Å². The molecule has 1 fully saturated rings. The molecule has 3 nitrogen and oxygen atoms in total. The number of carbonyl (C=O) groups is 1. The van der Waals surface area contributed by atoms with E-state index in [0.717, 1.165) is 24.9 Å². The summed E-state index contributed by atoms with van der Waals surface area (Å²) in [7, 11) is 0. The summed E-state index contributed by atoms with van der Waals surface area (Å²) in [5.74, 6) is 1.80. The number of fused-ring (bicyclic) bond motifs is 1. The van der Waals surface area contributed by atoms with Crippen LogP contribution in [-0.4, -0.2) is 25.0 Å². The molecule has 0 bridgehead atoms. The number of carbonyl (C=O) groups excluding carboxylic acids is 1. The van der Waals surface area contributed by atoms with Gasteiger partial charge in [0.25, 0.3) is 0 Å². The lowest BCUT2D eigenvalue weighted by Gasteiger charge is -2.40. The molecule has 3 atom stereocenters. The molecule has 3 heteroatoms. The summed E-state index contributed by atoms with van der Waals surface area (Å²) >= 11 is 0. The summed E-state index contributed by atoms with van der Waals surface area (Å²) in [4.78, 5) is 11.2. The zero-order valence-corrected chi connectivity index (χ0v) is 9.33. The highest BCUT2D eigenvalue weighted by Gasteiger charge is 2.40. The third kappa shape index (κ3) is 2.40. The average Bonchev–Trinajstić information content (AvgIpc) is 2.55. The maximum absolute atomic E-state index is 11.2. The van der Waals surface area contributed by atoms with Crippen LogP contribution in [0.3, 0.4) is 0 Å². The van der Waals surface area contributed by atoms with E-state index in [9.17, 15) is 4.79 Å². The monoisotopic (exact) mass is 208 g/mol. The van der Waals surface area contributed by atoms with Gasteiger partial charge in [-0.1, -0.05) is 12.2 Å². The molecule has 1 amide bonds. The minimum absolute atomic E-state index is 0.155. The standard InChI is InChI=1S/C12H20N2O/c1-2-13-12(15)6-7-14-11-8-9-4-3-5-10(9)11/h3,5,9-11,14H,2,4,6-8H2,1H3,(H,13,15). The molecule has 0 aromatic rings. The smallest absolute Gasteiger partial charge is 0.221 e. The fourth-order valence-corrected chi connectivity index (χ4v) is 2.60. The Hall–Kier alpha value is -0.830. The third-order valence-corrected chi connectivity index (χ3v) is 3.50. The first-order valence-electron chi connectivity index (χ1n) is 5.98. The molecule has 0 spiro atoms. The normalized spacial score (nSPS) is 32.2. The van der Waals surface area contributed by atoms with Crippen molar-refractivity contribution < 1.29 is 4.79 Å². The van der Waals surface area contributed by atoms with Crippen molar-refractivity contribution in [2.24, 2.45) is 11.8 Å². The van der Waals surface area contributed by atoms with E-state index >= 15 is 0 Å². The van der Waals surface area contributed by atoms with Gasteiger partial charge in [-0.25, -0.2) is 0 Å². The Labute approximate surface area is 91.3 Å². The summed E-state index contributed by atoms with van der Waals surface area (Å²) in [5.41, 5.74) is 0. The lowest BCUT2D eigenvalue weighted by Crippen LogP contribution is -2.48. The lowest BCUT2D eigenvalue weighted by molar-refractivity contribution is -0.120. The predicted octanol–water partition coefficient (Wildman–Crippen LogP) is 1.07. The van der Waals surface area contributed by atoms with Gasteiger partial charge in [0.2, 0.25) is 5.91 Å². The molecule has 3 unspecified atom stereocenters. The van der Waals surface area contributed by atoms with Gasteiger partial charge in [-0.3, -0.25) is 4.79 Å². The Morgan fingerprint density at radius 1 is 1.53 bits per heavy atom. The first-order chi connectivity index (χ1) is 7.31. The minimum Gasteiger partial charge on any atom is -0.356 e. The highest BCUT2D eigenvalue weighted by molar-refractivity contribution is 5.75. The van der Waals surface area contributed by atoms with Crippen molar-refractivity contribution in [1.29, 1.82) is 0 Å². The van der Waals surface area contributed by atoms with Crippen molar-refractivity contribution in [2.75, 3.05) is 13.1 Å². The molecule has 2 aliphatic carbocycles. The largest absolute Gasteiger partial charge is 0.356 e. The van der Waals surface area contributed by atoms with Gasteiger partial charge in [-0.2, -0.15) is 0 Å². The topological polar surface area (TPSA) is 41.1 Å². The van der Waals surface area contributed by atoms with Crippen molar-refractivity contribution in [3.8, 4) is 0 Å². The van der Waals surface area contributed by atoms with E-state index in [1.54, 1.807) is 0 Å². The second-order valence-electron chi connectivity index (χ2n) is 4.50. The van der Waals surface area contributed by atoms with Gasteiger partial charge in [0.15, 0.2) is 0 Å². The van der Waals surface area contributed by atoms with Crippen LogP contribution >= 0.6 is 0 Å². The maximum atomic E-state index is 11.2. The second-order valence-corrected chi connectivity index (χ2v) is 4.50. The van der Waals surface area contributed by atoms with E-state index in [0.29, 0.717) is 12.5 Å². The average molecular weight is 208 g/mol. The molecule has 0 aromatic heterocycles. The zero-order valence-electron chi connectivity index (χ0n) is 9.33.